The Morgan fingerprint density at radius 2 is 1.76 bits per heavy atom. The molecule has 0 aliphatic rings. The fourth-order valence-electron chi connectivity index (χ4n) is 1.81. The first kappa shape index (κ1) is 10.3. The Bertz CT molecular complexity index is 628. The molecule has 88 valence electrons. The lowest BCUT2D eigenvalue weighted by Crippen LogP contribution is -1.79. The maximum absolute atomic E-state index is 5.65. The van der Waals surface area contributed by atoms with Crippen molar-refractivity contribution in [3.8, 4) is 0 Å². The predicted molar refractivity (Wildman–Crippen MR) is 65.0 cm³/mol. The van der Waals surface area contributed by atoms with Gasteiger partial charge in [0.2, 0.25) is 11.4 Å². The van der Waals surface area contributed by atoms with Crippen molar-refractivity contribution in [1.82, 2.24) is 9.97 Å². The normalized spacial score (nSPS) is 12.0. The van der Waals surface area contributed by atoms with Gasteiger partial charge >= 0.3 is 0 Å². The van der Waals surface area contributed by atoms with Crippen LogP contribution in [0.3, 0.4) is 0 Å². The van der Waals surface area contributed by atoms with Gasteiger partial charge in [0.15, 0.2) is 0 Å². The minimum Gasteiger partial charge on any atom is -0.441 e. The number of fused-ring (bicyclic) bond motifs is 2. The molecule has 0 N–H and O–H groups in total. The highest BCUT2D eigenvalue weighted by molar-refractivity contribution is 5.81. The van der Waals surface area contributed by atoms with Crippen LogP contribution in [-0.2, 0) is 6.42 Å². The quantitative estimate of drug-likeness (QED) is 0.674. The zero-order valence-electron chi connectivity index (χ0n) is 10.2. The molecule has 0 aliphatic carbocycles. The maximum Gasteiger partial charge on any atom is 0.248 e. The van der Waals surface area contributed by atoms with Crippen LogP contribution >= 0.6 is 0 Å². The number of rotatable bonds is 2. The Morgan fingerprint density at radius 1 is 1.06 bits per heavy atom. The summed E-state index contributed by atoms with van der Waals surface area (Å²) >= 11 is 0. The molecule has 0 atom stereocenters. The monoisotopic (exact) mass is 230 g/mol. The van der Waals surface area contributed by atoms with Gasteiger partial charge in [-0.05, 0) is 0 Å². The fraction of sp³-hybridized carbons (Fsp3) is 0.385. The smallest absolute Gasteiger partial charge is 0.248 e. The Morgan fingerprint density at radius 3 is 2.47 bits per heavy atom. The zero-order chi connectivity index (χ0) is 12.0. The second kappa shape index (κ2) is 3.58. The van der Waals surface area contributed by atoms with Crippen LogP contribution in [0, 0.1) is 0 Å². The van der Waals surface area contributed by atoms with Gasteiger partial charge in [-0.25, -0.2) is 4.98 Å². The molecule has 0 unspecified atom stereocenters. The SMILES string of the molecule is CCc1cc2nc3cc(C(C)C)oc3nc2o1. The van der Waals surface area contributed by atoms with Gasteiger partial charge in [-0.3, -0.25) is 0 Å². The second-order valence-electron chi connectivity index (χ2n) is 4.47. The van der Waals surface area contributed by atoms with E-state index in [1.807, 2.05) is 19.1 Å². The molecule has 0 radical (unpaired) electrons. The molecule has 4 heteroatoms. The summed E-state index contributed by atoms with van der Waals surface area (Å²) in [5.74, 6) is 2.14. The number of aromatic nitrogens is 2. The van der Waals surface area contributed by atoms with Crippen molar-refractivity contribution in [2.45, 2.75) is 33.1 Å². The molecular weight excluding hydrogens is 216 g/mol. The minimum absolute atomic E-state index is 0.337. The summed E-state index contributed by atoms with van der Waals surface area (Å²) in [6.07, 6.45) is 0.844. The second-order valence-corrected chi connectivity index (χ2v) is 4.47. The molecule has 0 aromatic carbocycles. The standard InChI is InChI=1S/C13H14N2O2/c1-4-8-5-9-12(16-8)15-13-10(14-9)6-11(17-13)7(2)3/h5-7H,4H2,1-3H3. The Labute approximate surface area is 98.6 Å². The van der Waals surface area contributed by atoms with Gasteiger partial charge in [-0.1, -0.05) is 20.8 Å². The Kier molecular flexibility index (Phi) is 2.18. The van der Waals surface area contributed by atoms with Crippen LogP contribution in [0.25, 0.3) is 22.5 Å². The molecule has 4 nitrogen and oxygen atoms in total. The summed E-state index contributed by atoms with van der Waals surface area (Å²) in [5, 5.41) is 0. The van der Waals surface area contributed by atoms with Crippen molar-refractivity contribution in [2.24, 2.45) is 0 Å². The van der Waals surface area contributed by atoms with Crippen molar-refractivity contribution in [3.05, 3.63) is 23.7 Å². The van der Waals surface area contributed by atoms with Gasteiger partial charge in [0.1, 0.15) is 22.6 Å². The molecule has 0 bridgehead atoms. The summed E-state index contributed by atoms with van der Waals surface area (Å²) in [7, 11) is 0. The molecule has 0 fully saturated rings. The number of nitrogens with zero attached hydrogens (tertiary/aromatic N) is 2. The largest absolute Gasteiger partial charge is 0.441 e. The number of furan rings is 2. The Balaban J connectivity index is 2.24. The van der Waals surface area contributed by atoms with Crippen molar-refractivity contribution >= 4 is 22.5 Å². The predicted octanol–water partition coefficient (Wildman–Crippen LogP) is 3.65. The highest BCUT2D eigenvalue weighted by atomic mass is 16.4. The molecule has 3 heterocycles. The van der Waals surface area contributed by atoms with Crippen LogP contribution < -0.4 is 0 Å². The highest BCUT2D eigenvalue weighted by Gasteiger charge is 2.13. The Hall–Kier alpha value is -1.84. The van der Waals surface area contributed by atoms with E-state index in [0.717, 1.165) is 29.0 Å². The third-order valence-corrected chi connectivity index (χ3v) is 2.82. The van der Waals surface area contributed by atoms with Crippen molar-refractivity contribution < 1.29 is 8.83 Å². The van der Waals surface area contributed by atoms with Gasteiger partial charge in [-0.2, -0.15) is 4.98 Å². The maximum atomic E-state index is 5.65. The molecule has 3 rings (SSSR count). The van der Waals surface area contributed by atoms with Gasteiger partial charge in [0.25, 0.3) is 0 Å². The van der Waals surface area contributed by atoms with E-state index in [1.54, 1.807) is 0 Å². The molecule has 0 aliphatic heterocycles. The van der Waals surface area contributed by atoms with Crippen LogP contribution in [-0.4, -0.2) is 9.97 Å². The van der Waals surface area contributed by atoms with Gasteiger partial charge < -0.3 is 8.83 Å². The summed E-state index contributed by atoms with van der Waals surface area (Å²) < 4.78 is 11.2. The first-order valence-corrected chi connectivity index (χ1v) is 5.87. The van der Waals surface area contributed by atoms with E-state index in [9.17, 15) is 0 Å². The molecule has 0 spiro atoms. The van der Waals surface area contributed by atoms with E-state index in [1.165, 1.54) is 0 Å². The topological polar surface area (TPSA) is 52.1 Å². The summed E-state index contributed by atoms with van der Waals surface area (Å²) in [5.41, 5.74) is 2.70. The number of hydrogen-bond donors (Lipinski definition) is 0. The molecular formula is C13H14N2O2. The fourth-order valence-corrected chi connectivity index (χ4v) is 1.81. The van der Waals surface area contributed by atoms with E-state index < -0.39 is 0 Å². The van der Waals surface area contributed by atoms with Crippen LogP contribution in [0.2, 0.25) is 0 Å². The summed E-state index contributed by atoms with van der Waals surface area (Å²) in [4.78, 5) is 8.85. The average molecular weight is 230 g/mol. The van der Waals surface area contributed by atoms with E-state index in [2.05, 4.69) is 23.8 Å². The van der Waals surface area contributed by atoms with Crippen molar-refractivity contribution in [3.63, 3.8) is 0 Å². The molecule has 17 heavy (non-hydrogen) atoms. The number of aryl methyl sites for hydroxylation is 1. The van der Waals surface area contributed by atoms with Crippen LogP contribution in [0.5, 0.6) is 0 Å². The first-order valence-electron chi connectivity index (χ1n) is 5.87. The van der Waals surface area contributed by atoms with Crippen LogP contribution in [0.15, 0.2) is 21.0 Å². The molecule has 3 aromatic heterocycles. The molecule has 0 saturated carbocycles. The lowest BCUT2D eigenvalue weighted by molar-refractivity contribution is 0.508. The summed E-state index contributed by atoms with van der Waals surface area (Å²) in [6.45, 7) is 6.20. The molecule has 0 amide bonds. The average Bonchev–Trinajstić information content (AvgIpc) is 2.87. The van der Waals surface area contributed by atoms with E-state index in [4.69, 9.17) is 8.83 Å². The lowest BCUT2D eigenvalue weighted by atomic mass is 10.2. The zero-order valence-corrected chi connectivity index (χ0v) is 10.2. The highest BCUT2D eigenvalue weighted by Crippen LogP contribution is 2.25. The van der Waals surface area contributed by atoms with Crippen molar-refractivity contribution in [2.75, 3.05) is 0 Å². The van der Waals surface area contributed by atoms with Crippen LogP contribution in [0.4, 0.5) is 0 Å². The number of hydrogen-bond acceptors (Lipinski definition) is 4. The van der Waals surface area contributed by atoms with Crippen molar-refractivity contribution in [1.29, 1.82) is 0 Å². The van der Waals surface area contributed by atoms with Gasteiger partial charge in [0.05, 0.1) is 0 Å². The summed E-state index contributed by atoms with van der Waals surface area (Å²) in [6, 6.07) is 3.88. The molecule has 0 saturated heterocycles. The molecule has 3 aromatic rings. The third kappa shape index (κ3) is 1.60. The van der Waals surface area contributed by atoms with Gasteiger partial charge in [-0.15, -0.1) is 0 Å². The third-order valence-electron chi connectivity index (χ3n) is 2.82. The van der Waals surface area contributed by atoms with Crippen LogP contribution in [0.1, 0.15) is 38.2 Å². The lowest BCUT2D eigenvalue weighted by Gasteiger charge is -1.95. The minimum atomic E-state index is 0.337. The van der Waals surface area contributed by atoms with Gasteiger partial charge in [0, 0.05) is 24.5 Å². The van der Waals surface area contributed by atoms with E-state index in [-0.39, 0.29) is 0 Å². The first-order chi connectivity index (χ1) is 8.17. The van der Waals surface area contributed by atoms with E-state index >= 15 is 0 Å². The van der Waals surface area contributed by atoms with E-state index in [0.29, 0.717) is 17.3 Å².